The highest BCUT2D eigenvalue weighted by Crippen LogP contribution is 2.44. The Bertz CT molecular complexity index is 1680. The minimum atomic E-state index is -2.86. The first kappa shape index (κ1) is 29.2. The van der Waals surface area contributed by atoms with Gasteiger partial charge in [0.15, 0.2) is 0 Å². The first-order valence-corrected chi connectivity index (χ1v) is 18.4. The molecule has 0 fully saturated rings. The lowest BCUT2D eigenvalue weighted by molar-refractivity contribution is 0.210. The molecule has 4 heteroatoms. The lowest BCUT2D eigenvalue weighted by Gasteiger charge is -2.45. The summed E-state index contributed by atoms with van der Waals surface area (Å²) in [6.07, 6.45) is 0.613. The molecule has 0 N–H and O–H groups in total. The summed E-state index contributed by atoms with van der Waals surface area (Å²) in [6, 6.07) is 56.5. The number of para-hydroxylation sites is 1. The van der Waals surface area contributed by atoms with E-state index in [2.05, 4.69) is 178 Å². The standard InChI is InChI=1S/C39H38NOPSi/c1-39(2,3)43(34-23-12-6-13-24-34,35-25-14-7-15-26-35)41-38(37-29-28-31-18-16-17-27-36(31)40-37)30-42(32-19-8-4-9-20-32)33-21-10-5-11-22-33/h4-29,38H,30H2,1-3H3/t38-/m1/s1. The van der Waals surface area contributed by atoms with Gasteiger partial charge >= 0.3 is 0 Å². The number of pyridine rings is 1. The van der Waals surface area contributed by atoms with Crippen molar-refractivity contribution in [3.63, 3.8) is 0 Å². The molecule has 0 aliphatic heterocycles. The molecule has 1 aromatic heterocycles. The molecule has 0 saturated carbocycles. The fourth-order valence-corrected chi connectivity index (χ4v) is 13.3. The maximum atomic E-state index is 7.88. The quantitative estimate of drug-likeness (QED) is 0.125. The summed E-state index contributed by atoms with van der Waals surface area (Å²) in [6.45, 7) is 7.05. The van der Waals surface area contributed by atoms with E-state index in [-0.39, 0.29) is 11.1 Å². The highest BCUT2D eigenvalue weighted by Gasteiger charge is 2.52. The van der Waals surface area contributed by atoms with Gasteiger partial charge in [0.05, 0.1) is 17.3 Å². The van der Waals surface area contributed by atoms with E-state index in [9.17, 15) is 0 Å². The van der Waals surface area contributed by atoms with Crippen LogP contribution in [0.15, 0.2) is 158 Å². The highest BCUT2D eigenvalue weighted by molar-refractivity contribution is 7.73. The van der Waals surface area contributed by atoms with E-state index < -0.39 is 16.2 Å². The van der Waals surface area contributed by atoms with Gasteiger partial charge in [0.25, 0.3) is 8.32 Å². The Kier molecular flexibility index (Phi) is 8.67. The van der Waals surface area contributed by atoms with Gasteiger partial charge in [0.2, 0.25) is 0 Å². The van der Waals surface area contributed by atoms with Crippen molar-refractivity contribution in [3.05, 3.63) is 163 Å². The minimum absolute atomic E-state index is 0.146. The Hall–Kier alpha value is -3.88. The predicted octanol–water partition coefficient (Wildman–Crippen LogP) is 7.99. The topological polar surface area (TPSA) is 22.1 Å². The summed E-state index contributed by atoms with van der Waals surface area (Å²) in [4.78, 5) is 5.28. The number of rotatable bonds is 9. The van der Waals surface area contributed by atoms with Crippen LogP contribution in [0.3, 0.4) is 0 Å². The van der Waals surface area contributed by atoms with Gasteiger partial charge in [-0.3, -0.25) is 4.98 Å². The van der Waals surface area contributed by atoms with Crippen molar-refractivity contribution < 1.29 is 4.43 Å². The third-order valence-corrected chi connectivity index (χ3v) is 15.8. The molecule has 0 saturated heterocycles. The van der Waals surface area contributed by atoms with Gasteiger partial charge in [0, 0.05) is 11.5 Å². The summed E-state index contributed by atoms with van der Waals surface area (Å²) in [5, 5.41) is 6.25. The molecule has 214 valence electrons. The van der Waals surface area contributed by atoms with Gasteiger partial charge in [-0.1, -0.05) is 166 Å². The van der Waals surface area contributed by atoms with Crippen LogP contribution in [0.25, 0.3) is 10.9 Å². The molecule has 0 spiro atoms. The Morgan fingerprint density at radius 3 is 1.56 bits per heavy atom. The molecule has 0 unspecified atom stereocenters. The largest absolute Gasteiger partial charge is 0.399 e. The summed E-state index contributed by atoms with van der Waals surface area (Å²) in [5.41, 5.74) is 1.99. The van der Waals surface area contributed by atoms with Crippen LogP contribution in [0.4, 0.5) is 0 Å². The number of aromatic nitrogens is 1. The minimum Gasteiger partial charge on any atom is -0.399 e. The maximum Gasteiger partial charge on any atom is 0.261 e. The zero-order chi connectivity index (χ0) is 29.7. The van der Waals surface area contributed by atoms with E-state index in [1.165, 1.54) is 21.0 Å². The van der Waals surface area contributed by atoms with Gasteiger partial charge < -0.3 is 4.43 Å². The predicted molar refractivity (Wildman–Crippen MR) is 187 cm³/mol. The van der Waals surface area contributed by atoms with E-state index in [0.29, 0.717) is 0 Å². The molecule has 1 heterocycles. The maximum absolute atomic E-state index is 7.88. The Morgan fingerprint density at radius 2 is 1.05 bits per heavy atom. The third-order valence-electron chi connectivity index (χ3n) is 8.17. The van der Waals surface area contributed by atoms with Gasteiger partial charge in [-0.25, -0.2) is 0 Å². The van der Waals surface area contributed by atoms with Crippen LogP contribution < -0.4 is 21.0 Å². The molecule has 0 amide bonds. The van der Waals surface area contributed by atoms with Crippen molar-refractivity contribution in [2.45, 2.75) is 31.9 Å². The highest BCUT2D eigenvalue weighted by atomic mass is 31.1. The second-order valence-electron chi connectivity index (χ2n) is 12.0. The average Bonchev–Trinajstić information content (AvgIpc) is 3.06. The van der Waals surface area contributed by atoms with Gasteiger partial charge in [0.1, 0.15) is 0 Å². The van der Waals surface area contributed by atoms with Crippen LogP contribution in [-0.4, -0.2) is 19.5 Å². The lowest BCUT2D eigenvalue weighted by atomic mass is 10.1. The van der Waals surface area contributed by atoms with Crippen molar-refractivity contribution >= 4 is 48.1 Å². The molecule has 5 aromatic carbocycles. The van der Waals surface area contributed by atoms with Gasteiger partial charge in [-0.05, 0) is 46.1 Å². The molecule has 1 atom stereocenters. The Balaban J connectivity index is 1.56. The van der Waals surface area contributed by atoms with Crippen molar-refractivity contribution in [3.8, 4) is 0 Å². The molecule has 6 rings (SSSR count). The lowest BCUT2D eigenvalue weighted by Crippen LogP contribution is -2.67. The molecule has 6 aromatic rings. The molecule has 43 heavy (non-hydrogen) atoms. The molecular weight excluding hydrogens is 557 g/mol. The Labute approximate surface area is 258 Å². The van der Waals surface area contributed by atoms with Crippen LogP contribution in [0, 0.1) is 0 Å². The first-order valence-electron chi connectivity index (χ1n) is 15.0. The van der Waals surface area contributed by atoms with Crippen molar-refractivity contribution in [1.82, 2.24) is 4.98 Å². The molecular formula is C39H38NOPSi. The smallest absolute Gasteiger partial charge is 0.261 e. The fraction of sp³-hybridized carbons (Fsp3) is 0.154. The fourth-order valence-electron chi connectivity index (χ4n) is 6.10. The van der Waals surface area contributed by atoms with Crippen LogP contribution in [0.5, 0.6) is 0 Å². The van der Waals surface area contributed by atoms with E-state index >= 15 is 0 Å². The second kappa shape index (κ2) is 12.8. The van der Waals surface area contributed by atoms with Gasteiger partial charge in [-0.15, -0.1) is 0 Å². The van der Waals surface area contributed by atoms with Crippen molar-refractivity contribution in [2.24, 2.45) is 0 Å². The average molecular weight is 596 g/mol. The first-order chi connectivity index (χ1) is 21.0. The normalized spacial score (nSPS) is 12.8. The van der Waals surface area contributed by atoms with Crippen molar-refractivity contribution in [2.75, 3.05) is 6.16 Å². The summed E-state index contributed by atoms with van der Waals surface area (Å²) in [7, 11) is -3.59. The van der Waals surface area contributed by atoms with Crippen molar-refractivity contribution in [1.29, 1.82) is 0 Å². The zero-order valence-corrected chi connectivity index (χ0v) is 27.0. The number of hydrogen-bond donors (Lipinski definition) is 0. The molecule has 2 nitrogen and oxygen atoms in total. The molecule has 0 aliphatic carbocycles. The number of fused-ring (bicyclic) bond motifs is 1. The summed E-state index contributed by atoms with van der Waals surface area (Å²) >= 11 is 0. The zero-order valence-electron chi connectivity index (χ0n) is 25.1. The van der Waals surface area contributed by atoms with E-state index in [1.54, 1.807) is 0 Å². The van der Waals surface area contributed by atoms with E-state index in [0.717, 1.165) is 22.8 Å². The Morgan fingerprint density at radius 1 is 0.581 bits per heavy atom. The molecule has 0 radical (unpaired) electrons. The van der Waals surface area contributed by atoms with Gasteiger partial charge in [-0.2, -0.15) is 0 Å². The van der Waals surface area contributed by atoms with Crippen LogP contribution in [0.2, 0.25) is 5.04 Å². The third kappa shape index (κ3) is 6.12. The number of nitrogens with zero attached hydrogens (tertiary/aromatic N) is 1. The SMILES string of the molecule is CC(C)(C)[Si](O[C@H](CP(c1ccccc1)c1ccccc1)c1ccc2ccccc2n1)(c1ccccc1)c1ccccc1. The van der Waals surface area contributed by atoms with Crippen LogP contribution in [-0.2, 0) is 4.43 Å². The summed E-state index contributed by atoms with van der Waals surface area (Å²) < 4.78 is 7.88. The van der Waals surface area contributed by atoms with E-state index in [4.69, 9.17) is 9.41 Å². The van der Waals surface area contributed by atoms with Crippen LogP contribution in [0.1, 0.15) is 32.6 Å². The monoisotopic (exact) mass is 595 g/mol. The van der Waals surface area contributed by atoms with E-state index in [1.807, 2.05) is 0 Å². The van der Waals surface area contributed by atoms with Crippen LogP contribution >= 0.6 is 7.92 Å². The molecule has 0 bridgehead atoms. The number of hydrogen-bond acceptors (Lipinski definition) is 2. The second-order valence-corrected chi connectivity index (χ2v) is 18.5. The summed E-state index contributed by atoms with van der Waals surface area (Å²) in [5.74, 6) is 0. The molecule has 0 aliphatic rings. The number of benzene rings is 5.